The van der Waals surface area contributed by atoms with Crippen LogP contribution in [0.15, 0.2) is 18.2 Å². The molecule has 1 aromatic heterocycles. The zero-order chi connectivity index (χ0) is 24.3. The molecule has 1 aromatic carbocycles. The number of ether oxygens (including phenoxy) is 2. The number of nitrogens with one attached hydrogen (secondary N) is 2. The minimum atomic E-state index is -0.652. The van der Waals surface area contributed by atoms with Gasteiger partial charge in [-0.25, -0.2) is 0 Å². The van der Waals surface area contributed by atoms with Gasteiger partial charge in [0.1, 0.15) is 34.5 Å². The van der Waals surface area contributed by atoms with Gasteiger partial charge in [-0.3, -0.25) is 9.59 Å². The maximum atomic E-state index is 13.5. The van der Waals surface area contributed by atoms with Gasteiger partial charge >= 0.3 is 0 Å². The van der Waals surface area contributed by atoms with Gasteiger partial charge in [-0.1, -0.05) is 38.0 Å². The topological polar surface area (TPSA) is 122 Å². The molecule has 2 amide bonds. The van der Waals surface area contributed by atoms with E-state index in [1.165, 1.54) is 0 Å². The summed E-state index contributed by atoms with van der Waals surface area (Å²) in [6, 6.07) is 4.39. The quantitative estimate of drug-likeness (QED) is 0.365. The van der Waals surface area contributed by atoms with Gasteiger partial charge in [0.05, 0.1) is 13.2 Å². The number of rotatable bonds is 11. The standard InChI is InChI=1S/C23H32N6O4S/c1-5-7-12-32-14-10-9-11-15(33-13-8-6-2)16(14)20(30)24-17-21(31)29-18(19-25-27-28-26-19)23(3,4)34-22(17)29/h9-11,17-18,22H,5-8,12-13H2,1-4H3,(H,24,30)(H,25,26,27,28)/t17?,18?,22-/m0/s1. The Morgan fingerprint density at radius 2 is 1.82 bits per heavy atom. The van der Waals surface area contributed by atoms with Crippen LogP contribution in [0.1, 0.15) is 75.6 Å². The number of unbranched alkanes of at least 4 members (excludes halogenated alkanes) is 2. The van der Waals surface area contributed by atoms with Gasteiger partial charge in [0.25, 0.3) is 5.91 Å². The fourth-order valence-electron chi connectivity index (χ4n) is 4.29. The smallest absolute Gasteiger partial charge is 0.259 e. The zero-order valence-electron chi connectivity index (χ0n) is 20.0. The molecule has 2 saturated heterocycles. The van der Waals surface area contributed by atoms with E-state index < -0.39 is 6.04 Å². The molecule has 0 aliphatic carbocycles. The van der Waals surface area contributed by atoms with Gasteiger partial charge in [-0.2, -0.15) is 5.21 Å². The normalized spacial score (nSPS) is 22.8. The number of hydrogen-bond donors (Lipinski definition) is 2. The number of tetrazole rings is 1. The third-order valence-corrected chi connectivity index (χ3v) is 7.63. The fourth-order valence-corrected chi connectivity index (χ4v) is 5.92. The van der Waals surface area contributed by atoms with Crippen molar-refractivity contribution in [3.8, 4) is 11.5 Å². The molecule has 0 saturated carbocycles. The highest BCUT2D eigenvalue weighted by Gasteiger charge is 2.63. The number of β-lactam (4-membered cyclic amide) rings is 1. The molecule has 2 N–H and O–H groups in total. The number of amides is 2. The molecule has 34 heavy (non-hydrogen) atoms. The Kier molecular flexibility index (Phi) is 7.30. The van der Waals surface area contributed by atoms with Crippen LogP contribution in [-0.2, 0) is 4.79 Å². The van der Waals surface area contributed by atoms with Gasteiger partial charge in [-0.15, -0.1) is 22.0 Å². The number of H-pyrrole nitrogens is 1. The Morgan fingerprint density at radius 1 is 1.18 bits per heavy atom. The minimum absolute atomic E-state index is 0.163. The lowest BCUT2D eigenvalue weighted by Gasteiger charge is -2.44. The number of carbonyl (C=O) groups is 2. The summed E-state index contributed by atoms with van der Waals surface area (Å²) in [6.07, 6.45) is 3.72. The largest absolute Gasteiger partial charge is 0.493 e. The Morgan fingerprint density at radius 3 is 2.38 bits per heavy atom. The second kappa shape index (κ2) is 10.2. The Balaban J connectivity index is 1.54. The summed E-state index contributed by atoms with van der Waals surface area (Å²) in [6.45, 7) is 9.25. The van der Waals surface area contributed by atoms with E-state index in [1.54, 1.807) is 28.8 Å². The van der Waals surface area contributed by atoms with Crippen LogP contribution in [0.25, 0.3) is 0 Å². The summed E-state index contributed by atoms with van der Waals surface area (Å²) in [4.78, 5) is 28.4. The van der Waals surface area contributed by atoms with E-state index in [0.29, 0.717) is 36.1 Å². The van der Waals surface area contributed by atoms with Crippen molar-refractivity contribution in [2.45, 2.75) is 75.6 Å². The van der Waals surface area contributed by atoms with Crippen molar-refractivity contribution in [1.29, 1.82) is 0 Å². The van der Waals surface area contributed by atoms with E-state index >= 15 is 0 Å². The van der Waals surface area contributed by atoms with Crippen LogP contribution in [0.2, 0.25) is 0 Å². The molecule has 184 valence electrons. The first-order chi connectivity index (χ1) is 16.4. The van der Waals surface area contributed by atoms with Crippen LogP contribution in [0.5, 0.6) is 11.5 Å². The molecule has 0 radical (unpaired) electrons. The molecule has 2 aromatic rings. The highest BCUT2D eigenvalue weighted by atomic mass is 32.2. The predicted molar refractivity (Wildman–Crippen MR) is 128 cm³/mol. The highest BCUT2D eigenvalue weighted by molar-refractivity contribution is 8.01. The van der Waals surface area contributed by atoms with E-state index in [-0.39, 0.29) is 28.0 Å². The number of thioether (sulfide) groups is 1. The van der Waals surface area contributed by atoms with Crippen molar-refractivity contribution in [3.05, 3.63) is 29.6 Å². The molecule has 2 aliphatic rings. The van der Waals surface area contributed by atoms with E-state index in [9.17, 15) is 9.59 Å². The Labute approximate surface area is 203 Å². The second-order valence-corrected chi connectivity index (χ2v) is 10.8. The lowest BCUT2D eigenvalue weighted by Crippen LogP contribution is -2.67. The van der Waals surface area contributed by atoms with Crippen molar-refractivity contribution in [2.24, 2.45) is 0 Å². The maximum Gasteiger partial charge on any atom is 0.259 e. The van der Waals surface area contributed by atoms with Gasteiger partial charge < -0.3 is 19.7 Å². The summed E-state index contributed by atoms with van der Waals surface area (Å²) < 4.78 is 11.5. The highest BCUT2D eigenvalue weighted by Crippen LogP contribution is 2.56. The molecule has 4 rings (SSSR count). The Hall–Kier alpha value is -2.82. The number of fused-ring (bicyclic) bond motifs is 1. The molecule has 0 bridgehead atoms. The SMILES string of the molecule is CCCCOc1cccc(OCCCC)c1C(=O)NC1C(=O)N2C(c3nn[nH]n3)C(C)(C)S[C@@H]12. The molecule has 2 aliphatic heterocycles. The van der Waals surface area contributed by atoms with Gasteiger partial charge in [-0.05, 0) is 38.8 Å². The summed E-state index contributed by atoms with van der Waals surface area (Å²) in [5.41, 5.74) is 0.331. The Bertz CT molecular complexity index is 987. The minimum Gasteiger partial charge on any atom is -0.493 e. The van der Waals surface area contributed by atoms with Crippen LogP contribution >= 0.6 is 11.8 Å². The van der Waals surface area contributed by atoms with Crippen LogP contribution in [0.3, 0.4) is 0 Å². The molecule has 0 spiro atoms. The number of benzene rings is 1. The zero-order valence-corrected chi connectivity index (χ0v) is 20.9. The average molecular weight is 489 g/mol. The predicted octanol–water partition coefficient (Wildman–Crippen LogP) is 3.09. The van der Waals surface area contributed by atoms with E-state index in [4.69, 9.17) is 9.47 Å². The van der Waals surface area contributed by atoms with Crippen molar-refractivity contribution >= 4 is 23.6 Å². The number of aromatic amines is 1. The number of aromatic nitrogens is 4. The number of hydrogen-bond acceptors (Lipinski definition) is 8. The van der Waals surface area contributed by atoms with Crippen molar-refractivity contribution in [3.63, 3.8) is 0 Å². The first-order valence-corrected chi connectivity index (χ1v) is 12.7. The van der Waals surface area contributed by atoms with Crippen LogP contribution in [-0.4, -0.2) is 66.7 Å². The third kappa shape index (κ3) is 4.57. The first-order valence-electron chi connectivity index (χ1n) is 11.8. The number of carbonyl (C=O) groups excluding carboxylic acids is 2. The molecule has 2 unspecified atom stereocenters. The van der Waals surface area contributed by atoms with Crippen LogP contribution in [0, 0.1) is 0 Å². The first kappa shape index (κ1) is 24.3. The number of nitrogens with zero attached hydrogens (tertiary/aromatic N) is 4. The summed E-state index contributed by atoms with van der Waals surface area (Å²) >= 11 is 1.62. The molecule has 3 atom stereocenters. The monoisotopic (exact) mass is 488 g/mol. The van der Waals surface area contributed by atoms with Crippen LogP contribution in [0.4, 0.5) is 0 Å². The van der Waals surface area contributed by atoms with Gasteiger partial charge in [0.15, 0.2) is 5.82 Å². The van der Waals surface area contributed by atoms with E-state index in [1.807, 2.05) is 19.9 Å². The lowest BCUT2D eigenvalue weighted by molar-refractivity contribution is -0.148. The summed E-state index contributed by atoms with van der Waals surface area (Å²) in [5, 5.41) is 17.0. The fraction of sp³-hybridized carbons (Fsp3) is 0.609. The average Bonchev–Trinajstić information content (AvgIpc) is 3.42. The summed E-state index contributed by atoms with van der Waals surface area (Å²) in [5.74, 6) is 0.863. The van der Waals surface area contributed by atoms with Crippen molar-refractivity contribution in [2.75, 3.05) is 13.2 Å². The second-order valence-electron chi connectivity index (χ2n) is 9.01. The summed E-state index contributed by atoms with van der Waals surface area (Å²) in [7, 11) is 0. The molecule has 2 fully saturated rings. The van der Waals surface area contributed by atoms with Gasteiger partial charge in [0, 0.05) is 4.75 Å². The molecule has 11 heteroatoms. The van der Waals surface area contributed by atoms with Gasteiger partial charge in [0.2, 0.25) is 5.91 Å². The molecule has 10 nitrogen and oxygen atoms in total. The van der Waals surface area contributed by atoms with Crippen LogP contribution < -0.4 is 14.8 Å². The molecular formula is C23H32N6O4S. The molecular weight excluding hydrogens is 456 g/mol. The molecule has 3 heterocycles. The van der Waals surface area contributed by atoms with E-state index in [0.717, 1.165) is 25.7 Å². The van der Waals surface area contributed by atoms with Crippen molar-refractivity contribution in [1.82, 2.24) is 30.8 Å². The lowest BCUT2D eigenvalue weighted by atomic mass is 9.95. The third-order valence-electron chi connectivity index (χ3n) is 6.06. The maximum absolute atomic E-state index is 13.5. The van der Waals surface area contributed by atoms with E-state index in [2.05, 4.69) is 39.8 Å². The van der Waals surface area contributed by atoms with Crippen molar-refractivity contribution < 1.29 is 19.1 Å².